The molecule has 4 aromatic rings. The standard InChI is InChI=1S/C16H11ClN2S/c17-8-14-9-18-16-19(14)15(10-20-16)13-6-5-11-3-1-2-4-12(11)7-13/h1-7,9-10H,8H2. The maximum absolute atomic E-state index is 6.00. The highest BCUT2D eigenvalue weighted by molar-refractivity contribution is 7.15. The number of imidazole rings is 1. The molecule has 0 saturated heterocycles. The van der Waals surface area contributed by atoms with Crippen LogP contribution in [0.2, 0.25) is 0 Å². The number of fused-ring (bicyclic) bond motifs is 2. The summed E-state index contributed by atoms with van der Waals surface area (Å²) in [6, 6.07) is 14.9. The van der Waals surface area contributed by atoms with Gasteiger partial charge in [0, 0.05) is 10.9 Å². The summed E-state index contributed by atoms with van der Waals surface area (Å²) in [5.74, 6) is 0.471. The number of nitrogens with zero attached hydrogens (tertiary/aromatic N) is 2. The van der Waals surface area contributed by atoms with Crippen LogP contribution in [0.1, 0.15) is 5.69 Å². The molecule has 0 spiro atoms. The van der Waals surface area contributed by atoms with Gasteiger partial charge in [0.2, 0.25) is 0 Å². The third-order valence-electron chi connectivity index (χ3n) is 3.50. The molecule has 0 aliphatic heterocycles. The van der Waals surface area contributed by atoms with Crippen molar-refractivity contribution in [1.82, 2.24) is 9.38 Å². The first-order chi connectivity index (χ1) is 9.86. The monoisotopic (exact) mass is 298 g/mol. The predicted molar refractivity (Wildman–Crippen MR) is 85.6 cm³/mol. The zero-order valence-corrected chi connectivity index (χ0v) is 12.2. The smallest absolute Gasteiger partial charge is 0.194 e. The van der Waals surface area contributed by atoms with Gasteiger partial charge in [-0.1, -0.05) is 36.4 Å². The van der Waals surface area contributed by atoms with Crippen LogP contribution in [0.3, 0.4) is 0 Å². The molecule has 0 atom stereocenters. The molecule has 4 heteroatoms. The molecule has 2 heterocycles. The average Bonchev–Trinajstić information content (AvgIpc) is 3.08. The van der Waals surface area contributed by atoms with Crippen molar-refractivity contribution in [1.29, 1.82) is 0 Å². The van der Waals surface area contributed by atoms with Gasteiger partial charge < -0.3 is 0 Å². The van der Waals surface area contributed by atoms with Crippen molar-refractivity contribution in [3.05, 3.63) is 59.7 Å². The summed E-state index contributed by atoms with van der Waals surface area (Å²) in [5.41, 5.74) is 3.38. The molecule has 4 rings (SSSR count). The second kappa shape index (κ2) is 4.62. The molecule has 0 radical (unpaired) electrons. The van der Waals surface area contributed by atoms with Crippen LogP contribution >= 0.6 is 22.9 Å². The van der Waals surface area contributed by atoms with Gasteiger partial charge in [0.25, 0.3) is 0 Å². The minimum atomic E-state index is 0.471. The van der Waals surface area contributed by atoms with Crippen molar-refractivity contribution in [2.45, 2.75) is 5.88 Å². The summed E-state index contributed by atoms with van der Waals surface area (Å²) in [6.07, 6.45) is 1.85. The van der Waals surface area contributed by atoms with E-state index in [1.54, 1.807) is 11.3 Å². The van der Waals surface area contributed by atoms with E-state index in [2.05, 4.69) is 57.2 Å². The molecule has 0 amide bonds. The average molecular weight is 299 g/mol. The van der Waals surface area contributed by atoms with Crippen molar-refractivity contribution in [3.8, 4) is 11.3 Å². The fourth-order valence-electron chi connectivity index (χ4n) is 2.51. The van der Waals surface area contributed by atoms with E-state index in [9.17, 15) is 0 Å². The lowest BCUT2D eigenvalue weighted by Gasteiger charge is -2.04. The quantitative estimate of drug-likeness (QED) is 0.478. The van der Waals surface area contributed by atoms with Gasteiger partial charge >= 0.3 is 0 Å². The fraction of sp³-hybridized carbons (Fsp3) is 0.0625. The third-order valence-corrected chi connectivity index (χ3v) is 4.62. The first kappa shape index (κ1) is 11.9. The number of halogens is 1. The van der Waals surface area contributed by atoms with E-state index in [0.717, 1.165) is 16.3 Å². The first-order valence-electron chi connectivity index (χ1n) is 6.36. The Bertz CT molecular complexity index is 907. The van der Waals surface area contributed by atoms with Crippen molar-refractivity contribution in [3.63, 3.8) is 0 Å². The predicted octanol–water partition coefficient (Wildman–Crippen LogP) is 4.95. The van der Waals surface area contributed by atoms with Crippen molar-refractivity contribution < 1.29 is 0 Å². The van der Waals surface area contributed by atoms with Gasteiger partial charge in [0.1, 0.15) is 0 Å². The van der Waals surface area contributed by atoms with E-state index in [1.807, 2.05) is 6.20 Å². The highest BCUT2D eigenvalue weighted by Gasteiger charge is 2.11. The van der Waals surface area contributed by atoms with Gasteiger partial charge in [-0.25, -0.2) is 4.98 Å². The van der Waals surface area contributed by atoms with E-state index in [4.69, 9.17) is 11.6 Å². The Labute approximate surface area is 125 Å². The molecule has 0 unspecified atom stereocenters. The summed E-state index contributed by atoms with van der Waals surface area (Å²) in [6.45, 7) is 0. The lowest BCUT2D eigenvalue weighted by molar-refractivity contribution is 1.12. The molecular weight excluding hydrogens is 288 g/mol. The second-order valence-electron chi connectivity index (χ2n) is 4.68. The number of hydrogen-bond donors (Lipinski definition) is 0. The minimum Gasteiger partial charge on any atom is -0.286 e. The summed E-state index contributed by atoms with van der Waals surface area (Å²) in [5, 5.41) is 4.64. The molecule has 2 nitrogen and oxygen atoms in total. The highest BCUT2D eigenvalue weighted by Crippen LogP contribution is 2.30. The highest BCUT2D eigenvalue weighted by atomic mass is 35.5. The lowest BCUT2D eigenvalue weighted by Crippen LogP contribution is -1.90. The maximum atomic E-state index is 6.00. The number of benzene rings is 2. The van der Waals surface area contributed by atoms with Crippen LogP contribution in [0.15, 0.2) is 54.0 Å². The van der Waals surface area contributed by atoms with Gasteiger partial charge in [0.05, 0.1) is 23.5 Å². The van der Waals surface area contributed by atoms with Gasteiger partial charge in [-0.05, 0) is 16.8 Å². The fourth-order valence-corrected chi connectivity index (χ4v) is 3.59. The molecule has 0 saturated carbocycles. The van der Waals surface area contributed by atoms with Gasteiger partial charge in [-0.2, -0.15) is 0 Å². The third kappa shape index (κ3) is 1.74. The summed E-state index contributed by atoms with van der Waals surface area (Å²) in [4.78, 5) is 5.38. The molecule has 0 aliphatic carbocycles. The van der Waals surface area contributed by atoms with Crippen LogP contribution in [-0.4, -0.2) is 9.38 Å². The normalized spacial score (nSPS) is 11.4. The number of thiazole rings is 1. The summed E-state index contributed by atoms with van der Waals surface area (Å²) in [7, 11) is 0. The zero-order chi connectivity index (χ0) is 13.5. The van der Waals surface area contributed by atoms with E-state index in [0.29, 0.717) is 5.88 Å². The van der Waals surface area contributed by atoms with Gasteiger partial charge in [-0.3, -0.25) is 4.40 Å². The van der Waals surface area contributed by atoms with Crippen LogP contribution in [0.5, 0.6) is 0 Å². The Hall–Kier alpha value is -1.84. The molecular formula is C16H11ClN2S. The Morgan fingerprint density at radius 2 is 1.95 bits per heavy atom. The second-order valence-corrected chi connectivity index (χ2v) is 5.79. The maximum Gasteiger partial charge on any atom is 0.194 e. The molecule has 0 N–H and O–H groups in total. The minimum absolute atomic E-state index is 0.471. The first-order valence-corrected chi connectivity index (χ1v) is 7.77. The Balaban J connectivity index is 1.98. The number of hydrogen-bond acceptors (Lipinski definition) is 2. The van der Waals surface area contributed by atoms with Gasteiger partial charge in [-0.15, -0.1) is 22.9 Å². The largest absolute Gasteiger partial charge is 0.286 e. The van der Waals surface area contributed by atoms with E-state index >= 15 is 0 Å². The Kier molecular flexibility index (Phi) is 2.76. The van der Waals surface area contributed by atoms with Gasteiger partial charge in [0.15, 0.2) is 4.96 Å². The van der Waals surface area contributed by atoms with E-state index in [1.165, 1.54) is 16.3 Å². The van der Waals surface area contributed by atoms with Crippen LogP contribution < -0.4 is 0 Å². The number of rotatable bonds is 2. The molecule has 2 aromatic heterocycles. The lowest BCUT2D eigenvalue weighted by atomic mass is 10.1. The molecule has 98 valence electrons. The topological polar surface area (TPSA) is 17.3 Å². The summed E-state index contributed by atoms with van der Waals surface area (Å²) < 4.78 is 2.14. The van der Waals surface area contributed by atoms with Crippen molar-refractivity contribution in [2.24, 2.45) is 0 Å². The van der Waals surface area contributed by atoms with Crippen LogP contribution in [0.4, 0.5) is 0 Å². The Morgan fingerprint density at radius 3 is 2.80 bits per heavy atom. The Morgan fingerprint density at radius 1 is 1.10 bits per heavy atom. The molecule has 20 heavy (non-hydrogen) atoms. The molecule has 0 fully saturated rings. The van der Waals surface area contributed by atoms with Crippen LogP contribution in [0.25, 0.3) is 27.0 Å². The van der Waals surface area contributed by atoms with E-state index < -0.39 is 0 Å². The summed E-state index contributed by atoms with van der Waals surface area (Å²) >= 11 is 7.65. The van der Waals surface area contributed by atoms with E-state index in [-0.39, 0.29) is 0 Å². The molecule has 0 bridgehead atoms. The number of alkyl halides is 1. The van der Waals surface area contributed by atoms with Crippen LogP contribution in [-0.2, 0) is 5.88 Å². The molecule has 0 aliphatic rings. The van der Waals surface area contributed by atoms with Crippen molar-refractivity contribution in [2.75, 3.05) is 0 Å². The zero-order valence-electron chi connectivity index (χ0n) is 10.6. The van der Waals surface area contributed by atoms with Crippen LogP contribution in [0, 0.1) is 0 Å². The van der Waals surface area contributed by atoms with Crippen molar-refractivity contribution >= 4 is 38.7 Å². The SMILES string of the molecule is ClCc1cnc2scc(-c3ccc4ccccc4c3)n12. The molecule has 2 aromatic carbocycles. The number of aromatic nitrogens is 2.